The highest BCUT2D eigenvalue weighted by Crippen LogP contribution is 2.35. The summed E-state index contributed by atoms with van der Waals surface area (Å²) in [4.78, 5) is 0. The molecule has 0 radical (unpaired) electrons. The molecule has 0 spiro atoms. The minimum atomic E-state index is -0.458. The van der Waals surface area contributed by atoms with Crippen molar-refractivity contribution >= 4 is 0 Å². The normalized spacial score (nSPS) is 16.6. The second-order valence-electron chi connectivity index (χ2n) is 7.33. The van der Waals surface area contributed by atoms with E-state index in [1.807, 2.05) is 10.7 Å². The van der Waals surface area contributed by atoms with Crippen LogP contribution in [0.1, 0.15) is 69.7 Å². The highest BCUT2D eigenvalue weighted by Gasteiger charge is 2.25. The van der Waals surface area contributed by atoms with Crippen LogP contribution in [0, 0.1) is 17.6 Å². The van der Waals surface area contributed by atoms with E-state index in [1.165, 1.54) is 38.2 Å². The molecular formula is C21H28F2N2O. The molecule has 5 heteroatoms. The molecule has 142 valence electrons. The van der Waals surface area contributed by atoms with Gasteiger partial charge >= 0.3 is 0 Å². The zero-order valence-corrected chi connectivity index (χ0v) is 15.7. The molecule has 0 bridgehead atoms. The first-order chi connectivity index (χ1) is 12.6. The van der Waals surface area contributed by atoms with E-state index in [1.54, 1.807) is 0 Å². The number of benzene rings is 1. The first-order valence-corrected chi connectivity index (χ1v) is 9.73. The predicted octanol–water partition coefficient (Wildman–Crippen LogP) is 5.83. The first kappa shape index (κ1) is 18.9. The SMILES string of the molecule is CCCc1cc(OCc2cc(F)ccc2F)n(C(C)C2CCCCC2)n1. The van der Waals surface area contributed by atoms with Crippen molar-refractivity contribution in [2.24, 2.45) is 5.92 Å². The first-order valence-electron chi connectivity index (χ1n) is 9.73. The molecule has 1 aromatic heterocycles. The molecule has 1 heterocycles. The molecule has 0 N–H and O–H groups in total. The van der Waals surface area contributed by atoms with Crippen LogP contribution in [0.4, 0.5) is 8.78 Å². The summed E-state index contributed by atoms with van der Waals surface area (Å²) in [7, 11) is 0. The maximum Gasteiger partial charge on any atom is 0.212 e. The number of aryl methyl sites for hydroxylation is 1. The van der Waals surface area contributed by atoms with Crippen LogP contribution in [0.5, 0.6) is 5.88 Å². The van der Waals surface area contributed by atoms with E-state index in [0.717, 1.165) is 30.7 Å². The van der Waals surface area contributed by atoms with Crippen molar-refractivity contribution in [2.75, 3.05) is 0 Å². The summed E-state index contributed by atoms with van der Waals surface area (Å²) in [5.74, 6) is 0.328. The maximum atomic E-state index is 13.9. The van der Waals surface area contributed by atoms with Crippen molar-refractivity contribution in [3.63, 3.8) is 0 Å². The third kappa shape index (κ3) is 4.43. The summed E-state index contributed by atoms with van der Waals surface area (Å²) in [5, 5.41) is 4.75. The van der Waals surface area contributed by atoms with Gasteiger partial charge in [0.05, 0.1) is 11.7 Å². The van der Waals surface area contributed by atoms with Crippen molar-refractivity contribution in [1.82, 2.24) is 9.78 Å². The van der Waals surface area contributed by atoms with E-state index in [4.69, 9.17) is 9.84 Å². The summed E-state index contributed by atoms with van der Waals surface area (Å²) in [6.45, 7) is 4.30. The Balaban J connectivity index is 1.79. The van der Waals surface area contributed by atoms with E-state index in [2.05, 4.69) is 13.8 Å². The van der Waals surface area contributed by atoms with Gasteiger partial charge in [-0.3, -0.25) is 0 Å². The Hall–Kier alpha value is -1.91. The van der Waals surface area contributed by atoms with Crippen LogP contribution in [0.2, 0.25) is 0 Å². The minimum absolute atomic E-state index is 0.00175. The van der Waals surface area contributed by atoms with Crippen molar-refractivity contribution in [3.8, 4) is 5.88 Å². The van der Waals surface area contributed by atoms with Gasteiger partial charge in [-0.2, -0.15) is 5.10 Å². The summed E-state index contributed by atoms with van der Waals surface area (Å²) >= 11 is 0. The largest absolute Gasteiger partial charge is 0.473 e. The van der Waals surface area contributed by atoms with E-state index in [0.29, 0.717) is 11.8 Å². The molecule has 3 nitrogen and oxygen atoms in total. The fraction of sp³-hybridized carbons (Fsp3) is 0.571. The maximum absolute atomic E-state index is 13.9. The number of nitrogens with zero attached hydrogens (tertiary/aromatic N) is 2. The number of halogens is 2. The topological polar surface area (TPSA) is 27.1 Å². The van der Waals surface area contributed by atoms with Gasteiger partial charge in [-0.05, 0) is 50.3 Å². The molecule has 2 aromatic rings. The van der Waals surface area contributed by atoms with Crippen LogP contribution >= 0.6 is 0 Å². The molecule has 1 unspecified atom stereocenters. The average Bonchev–Trinajstić information content (AvgIpc) is 3.05. The smallest absolute Gasteiger partial charge is 0.212 e. The van der Waals surface area contributed by atoms with Gasteiger partial charge in [-0.15, -0.1) is 0 Å². The van der Waals surface area contributed by atoms with E-state index in [-0.39, 0.29) is 18.2 Å². The van der Waals surface area contributed by atoms with Gasteiger partial charge in [0.1, 0.15) is 18.2 Å². The van der Waals surface area contributed by atoms with Crippen LogP contribution in [-0.2, 0) is 13.0 Å². The lowest BCUT2D eigenvalue weighted by Crippen LogP contribution is -2.21. The molecule has 1 fully saturated rings. The third-order valence-electron chi connectivity index (χ3n) is 5.36. The Bertz CT molecular complexity index is 723. The Labute approximate surface area is 154 Å². The molecule has 1 saturated carbocycles. The quantitative estimate of drug-likeness (QED) is 0.619. The summed E-state index contributed by atoms with van der Waals surface area (Å²) in [6.07, 6.45) is 8.16. The molecule has 26 heavy (non-hydrogen) atoms. The number of ether oxygens (including phenoxy) is 1. The molecule has 0 aliphatic heterocycles. The molecule has 0 amide bonds. The Kier molecular flexibility index (Phi) is 6.28. The van der Waals surface area contributed by atoms with E-state index >= 15 is 0 Å². The molecule has 1 aliphatic rings. The Morgan fingerprint density at radius 2 is 1.96 bits per heavy atom. The minimum Gasteiger partial charge on any atom is -0.473 e. The van der Waals surface area contributed by atoms with E-state index < -0.39 is 11.6 Å². The van der Waals surface area contributed by atoms with Gasteiger partial charge in [-0.1, -0.05) is 32.6 Å². The lowest BCUT2D eigenvalue weighted by molar-refractivity contribution is 0.208. The van der Waals surface area contributed by atoms with Crippen molar-refractivity contribution < 1.29 is 13.5 Å². The fourth-order valence-corrected chi connectivity index (χ4v) is 3.82. The van der Waals surface area contributed by atoms with Crippen LogP contribution in [0.15, 0.2) is 24.3 Å². The number of aromatic nitrogens is 2. The third-order valence-corrected chi connectivity index (χ3v) is 5.36. The van der Waals surface area contributed by atoms with E-state index in [9.17, 15) is 8.78 Å². The number of hydrogen-bond acceptors (Lipinski definition) is 2. The number of hydrogen-bond donors (Lipinski definition) is 0. The molecule has 1 aliphatic carbocycles. The van der Waals surface area contributed by atoms with Crippen molar-refractivity contribution in [3.05, 3.63) is 47.2 Å². The summed E-state index contributed by atoms with van der Waals surface area (Å²) < 4.78 is 35.1. The fourth-order valence-electron chi connectivity index (χ4n) is 3.82. The molecule has 0 saturated heterocycles. The van der Waals surface area contributed by atoms with Gasteiger partial charge < -0.3 is 4.74 Å². The van der Waals surface area contributed by atoms with Gasteiger partial charge in [0.15, 0.2) is 0 Å². The standard InChI is InChI=1S/C21H28F2N2O/c1-3-7-19-13-21(26-14-17-12-18(22)10-11-20(17)23)25(24-19)15(2)16-8-5-4-6-9-16/h10-13,15-16H,3-9,14H2,1-2H3. The highest BCUT2D eigenvalue weighted by atomic mass is 19.1. The second-order valence-corrected chi connectivity index (χ2v) is 7.33. The van der Waals surface area contributed by atoms with Gasteiger partial charge in [0, 0.05) is 11.6 Å². The van der Waals surface area contributed by atoms with Crippen LogP contribution in [0.25, 0.3) is 0 Å². The van der Waals surface area contributed by atoms with Gasteiger partial charge in [0.25, 0.3) is 0 Å². The Morgan fingerprint density at radius 1 is 1.19 bits per heavy atom. The zero-order chi connectivity index (χ0) is 18.5. The predicted molar refractivity (Wildman–Crippen MR) is 98.2 cm³/mol. The molecule has 1 atom stereocenters. The molecule has 3 rings (SSSR count). The summed E-state index contributed by atoms with van der Waals surface area (Å²) in [5.41, 5.74) is 1.21. The van der Waals surface area contributed by atoms with Crippen molar-refractivity contribution in [2.45, 2.75) is 71.4 Å². The lowest BCUT2D eigenvalue weighted by Gasteiger charge is -2.28. The van der Waals surface area contributed by atoms with Crippen LogP contribution < -0.4 is 4.74 Å². The second kappa shape index (κ2) is 8.65. The lowest BCUT2D eigenvalue weighted by atomic mass is 9.85. The van der Waals surface area contributed by atoms with Crippen LogP contribution in [0.3, 0.4) is 0 Å². The molecule has 1 aromatic carbocycles. The van der Waals surface area contributed by atoms with Crippen molar-refractivity contribution in [1.29, 1.82) is 0 Å². The highest BCUT2D eigenvalue weighted by molar-refractivity contribution is 5.21. The zero-order valence-electron chi connectivity index (χ0n) is 15.7. The molecular weight excluding hydrogens is 334 g/mol. The average molecular weight is 362 g/mol. The Morgan fingerprint density at radius 3 is 2.69 bits per heavy atom. The van der Waals surface area contributed by atoms with Gasteiger partial charge in [-0.25, -0.2) is 13.5 Å². The monoisotopic (exact) mass is 362 g/mol. The van der Waals surface area contributed by atoms with Crippen LogP contribution in [-0.4, -0.2) is 9.78 Å². The number of rotatable bonds is 7. The van der Waals surface area contributed by atoms with Gasteiger partial charge in [0.2, 0.25) is 5.88 Å². The summed E-state index contributed by atoms with van der Waals surface area (Å²) in [6, 6.07) is 5.63.